The number of para-hydroxylation sites is 1. The summed E-state index contributed by atoms with van der Waals surface area (Å²) in [7, 11) is -4.18. The van der Waals surface area contributed by atoms with E-state index in [1.807, 2.05) is 75.4 Å². The molecule has 0 bridgehead atoms. The minimum absolute atomic E-state index is 0.0478. The molecule has 0 radical (unpaired) electrons. The van der Waals surface area contributed by atoms with E-state index in [-0.39, 0.29) is 29.1 Å². The third kappa shape index (κ3) is 8.95. The number of rotatable bonds is 13. The predicted octanol–water partition coefficient (Wildman–Crippen LogP) is 7.08. The van der Waals surface area contributed by atoms with Crippen molar-refractivity contribution in [3.8, 4) is 11.5 Å². The molecule has 0 unspecified atom stereocenters. The van der Waals surface area contributed by atoms with Crippen LogP contribution in [0.15, 0.2) is 112 Å². The molecule has 0 aromatic heterocycles. The van der Waals surface area contributed by atoms with Crippen LogP contribution in [-0.4, -0.2) is 43.8 Å². The fourth-order valence-electron chi connectivity index (χ4n) is 4.55. The second kappa shape index (κ2) is 15.2. The first kappa shape index (κ1) is 33.7. The molecule has 2 atom stereocenters. The summed E-state index contributed by atoms with van der Waals surface area (Å²) >= 11 is 3.47. The number of hydrogen-bond acceptors (Lipinski definition) is 5. The Morgan fingerprint density at radius 1 is 0.867 bits per heavy atom. The molecule has 0 saturated carbocycles. The van der Waals surface area contributed by atoms with Gasteiger partial charge in [-0.1, -0.05) is 70.9 Å². The summed E-state index contributed by atoms with van der Waals surface area (Å²) in [6.07, 6.45) is 0.727. The van der Waals surface area contributed by atoms with Crippen molar-refractivity contribution in [2.75, 3.05) is 10.8 Å². The van der Waals surface area contributed by atoms with Crippen molar-refractivity contribution in [1.82, 2.24) is 10.2 Å². The Bertz CT molecular complexity index is 1700. The zero-order valence-electron chi connectivity index (χ0n) is 25.8. The lowest BCUT2D eigenvalue weighted by molar-refractivity contribution is -0.139. The molecule has 0 spiro atoms. The van der Waals surface area contributed by atoms with Gasteiger partial charge in [-0.25, -0.2) is 8.42 Å². The summed E-state index contributed by atoms with van der Waals surface area (Å²) in [6, 6.07) is 28.7. The maximum absolute atomic E-state index is 14.2. The SMILES string of the molecule is CC[C@@H](C)NC(=O)[C@H](C)N(Cc1cccc(Br)c1)C(=O)CN(c1ccc(Oc2ccccc2)cc1)S(=O)(=O)c1ccc(C)cc1. The average Bonchev–Trinajstić information content (AvgIpc) is 3.03. The molecule has 4 aromatic carbocycles. The molecule has 236 valence electrons. The Hall–Kier alpha value is -4.15. The number of anilines is 1. The first-order valence-electron chi connectivity index (χ1n) is 14.7. The summed E-state index contributed by atoms with van der Waals surface area (Å²) < 4.78 is 36.0. The van der Waals surface area contributed by atoms with E-state index >= 15 is 0 Å². The Morgan fingerprint density at radius 2 is 1.51 bits per heavy atom. The van der Waals surface area contributed by atoms with E-state index in [4.69, 9.17) is 4.74 Å². The average molecular weight is 693 g/mol. The number of benzene rings is 4. The van der Waals surface area contributed by atoms with Crippen LogP contribution < -0.4 is 14.4 Å². The Morgan fingerprint density at radius 3 is 2.13 bits per heavy atom. The van der Waals surface area contributed by atoms with Crippen LogP contribution in [0.3, 0.4) is 0 Å². The maximum atomic E-state index is 14.2. The van der Waals surface area contributed by atoms with Crippen LogP contribution in [0, 0.1) is 6.92 Å². The standard InChI is InChI=1S/C35H38BrN3O5S/c1-5-26(3)37-35(41)27(4)38(23-28-10-9-11-29(36)22-28)34(40)24-39(45(42,43)33-20-14-25(2)15-21-33)30-16-18-32(19-17-30)44-31-12-7-6-8-13-31/h6-22,26-27H,5,23-24H2,1-4H3,(H,37,41)/t26-,27+/m1/s1. The highest BCUT2D eigenvalue weighted by Gasteiger charge is 2.33. The van der Waals surface area contributed by atoms with Gasteiger partial charge in [0.1, 0.15) is 24.1 Å². The van der Waals surface area contributed by atoms with Gasteiger partial charge >= 0.3 is 0 Å². The van der Waals surface area contributed by atoms with Crippen molar-refractivity contribution in [1.29, 1.82) is 0 Å². The third-order valence-electron chi connectivity index (χ3n) is 7.40. The normalized spacial score (nSPS) is 12.6. The number of halogens is 1. The van der Waals surface area contributed by atoms with E-state index in [0.29, 0.717) is 11.5 Å². The van der Waals surface area contributed by atoms with Gasteiger partial charge in [-0.05, 0) is 93.4 Å². The number of nitrogens with zero attached hydrogens (tertiary/aromatic N) is 2. The minimum Gasteiger partial charge on any atom is -0.457 e. The van der Waals surface area contributed by atoms with Crippen molar-refractivity contribution < 1.29 is 22.7 Å². The van der Waals surface area contributed by atoms with Crippen molar-refractivity contribution in [3.05, 3.63) is 119 Å². The lowest BCUT2D eigenvalue weighted by Gasteiger charge is -2.32. The van der Waals surface area contributed by atoms with Crippen LogP contribution in [0.25, 0.3) is 0 Å². The van der Waals surface area contributed by atoms with Gasteiger partial charge in [-0.2, -0.15) is 0 Å². The molecule has 4 aromatic rings. The van der Waals surface area contributed by atoms with Crippen molar-refractivity contribution in [2.24, 2.45) is 0 Å². The topological polar surface area (TPSA) is 96.0 Å². The number of carbonyl (C=O) groups is 2. The molecule has 0 saturated heterocycles. The number of amides is 2. The second-order valence-corrected chi connectivity index (χ2v) is 13.7. The van der Waals surface area contributed by atoms with Gasteiger partial charge in [0.05, 0.1) is 10.6 Å². The summed E-state index contributed by atoms with van der Waals surface area (Å²) in [4.78, 5) is 28.9. The molecular formula is C35H38BrN3O5S. The molecule has 45 heavy (non-hydrogen) atoms. The lowest BCUT2D eigenvalue weighted by Crippen LogP contribution is -2.52. The summed E-state index contributed by atoms with van der Waals surface area (Å²) in [5, 5.41) is 2.95. The van der Waals surface area contributed by atoms with Gasteiger partial charge < -0.3 is 15.0 Å². The zero-order chi connectivity index (χ0) is 32.6. The largest absolute Gasteiger partial charge is 0.457 e. The molecule has 4 rings (SSSR count). The minimum atomic E-state index is -4.18. The molecule has 1 N–H and O–H groups in total. The highest BCUT2D eigenvalue weighted by Crippen LogP contribution is 2.29. The quantitative estimate of drug-likeness (QED) is 0.162. The summed E-state index contributed by atoms with van der Waals surface area (Å²) in [5.41, 5.74) is 1.97. The number of nitrogens with one attached hydrogen (secondary N) is 1. The third-order valence-corrected chi connectivity index (χ3v) is 9.68. The molecule has 0 aliphatic carbocycles. The lowest BCUT2D eigenvalue weighted by atomic mass is 10.1. The van der Waals surface area contributed by atoms with Gasteiger partial charge in [0, 0.05) is 17.1 Å². The molecule has 0 aliphatic heterocycles. The number of hydrogen-bond donors (Lipinski definition) is 1. The predicted molar refractivity (Wildman–Crippen MR) is 181 cm³/mol. The molecule has 2 amide bonds. The van der Waals surface area contributed by atoms with Crippen molar-refractivity contribution in [3.63, 3.8) is 0 Å². The number of ether oxygens (including phenoxy) is 1. The van der Waals surface area contributed by atoms with Crippen LogP contribution in [0.1, 0.15) is 38.3 Å². The van der Waals surface area contributed by atoms with E-state index in [1.54, 1.807) is 43.3 Å². The van der Waals surface area contributed by atoms with E-state index < -0.39 is 28.5 Å². The van der Waals surface area contributed by atoms with E-state index in [1.165, 1.54) is 17.0 Å². The maximum Gasteiger partial charge on any atom is 0.264 e. The van der Waals surface area contributed by atoms with Gasteiger partial charge in [-0.15, -0.1) is 0 Å². The second-order valence-electron chi connectivity index (χ2n) is 10.9. The first-order valence-corrected chi connectivity index (χ1v) is 17.0. The van der Waals surface area contributed by atoms with Gasteiger partial charge in [0.2, 0.25) is 11.8 Å². The zero-order valence-corrected chi connectivity index (χ0v) is 28.2. The van der Waals surface area contributed by atoms with Crippen LogP contribution >= 0.6 is 15.9 Å². The van der Waals surface area contributed by atoms with Crippen molar-refractivity contribution in [2.45, 2.75) is 57.6 Å². The Balaban J connectivity index is 1.70. The Labute approximate surface area is 274 Å². The molecule has 0 fully saturated rings. The van der Waals surface area contributed by atoms with Gasteiger partial charge in [0.15, 0.2) is 0 Å². The van der Waals surface area contributed by atoms with E-state index in [0.717, 1.165) is 26.3 Å². The number of carbonyl (C=O) groups excluding carboxylic acids is 2. The molecular weight excluding hydrogens is 654 g/mol. The van der Waals surface area contributed by atoms with E-state index in [2.05, 4.69) is 21.2 Å². The fraction of sp³-hybridized carbons (Fsp3) is 0.257. The summed E-state index contributed by atoms with van der Waals surface area (Å²) in [5.74, 6) is 0.304. The summed E-state index contributed by atoms with van der Waals surface area (Å²) in [6.45, 7) is 6.97. The van der Waals surface area contributed by atoms with E-state index in [9.17, 15) is 18.0 Å². The Kier molecular flexibility index (Phi) is 11.4. The number of sulfonamides is 1. The van der Waals surface area contributed by atoms with Crippen LogP contribution in [0.5, 0.6) is 11.5 Å². The van der Waals surface area contributed by atoms with Crippen LogP contribution in [0.4, 0.5) is 5.69 Å². The fourth-order valence-corrected chi connectivity index (χ4v) is 6.41. The highest BCUT2D eigenvalue weighted by atomic mass is 79.9. The molecule has 8 nitrogen and oxygen atoms in total. The van der Waals surface area contributed by atoms with Crippen LogP contribution in [0.2, 0.25) is 0 Å². The highest BCUT2D eigenvalue weighted by molar-refractivity contribution is 9.10. The van der Waals surface area contributed by atoms with Crippen LogP contribution in [-0.2, 0) is 26.2 Å². The van der Waals surface area contributed by atoms with Gasteiger partial charge in [0.25, 0.3) is 10.0 Å². The van der Waals surface area contributed by atoms with Gasteiger partial charge in [-0.3, -0.25) is 13.9 Å². The smallest absolute Gasteiger partial charge is 0.264 e. The molecule has 10 heteroatoms. The first-order chi connectivity index (χ1) is 21.5. The number of aryl methyl sites for hydroxylation is 1. The molecule has 0 aliphatic rings. The van der Waals surface area contributed by atoms with Crippen molar-refractivity contribution >= 4 is 43.5 Å². The monoisotopic (exact) mass is 691 g/mol. The molecule has 0 heterocycles.